The molecule has 4 nitrogen and oxygen atoms in total. The van der Waals surface area contributed by atoms with Crippen LogP contribution in [0.3, 0.4) is 0 Å². The third-order valence-electron chi connectivity index (χ3n) is 3.65. The van der Waals surface area contributed by atoms with Crippen molar-refractivity contribution in [3.8, 4) is 0 Å². The molecule has 1 aromatic rings. The third kappa shape index (κ3) is 4.11. The highest BCUT2D eigenvalue weighted by molar-refractivity contribution is 5.79. The highest BCUT2D eigenvalue weighted by atomic mass is 19.4. The maximum atomic E-state index is 12.7. The number of piperidine rings is 1. The molecule has 0 unspecified atom stereocenters. The van der Waals surface area contributed by atoms with Crippen molar-refractivity contribution in [1.29, 1.82) is 0 Å². The Labute approximate surface area is 127 Å². The van der Waals surface area contributed by atoms with Crippen LogP contribution in [0.2, 0.25) is 0 Å². The van der Waals surface area contributed by atoms with Gasteiger partial charge in [0.2, 0.25) is 5.91 Å². The average Bonchev–Trinajstić information content (AvgIpc) is 2.46. The van der Waals surface area contributed by atoms with Crippen LogP contribution in [0.1, 0.15) is 32.4 Å². The summed E-state index contributed by atoms with van der Waals surface area (Å²) in [5.41, 5.74) is -0.885. The normalized spacial score (nSPS) is 16.9. The van der Waals surface area contributed by atoms with Gasteiger partial charge in [-0.05, 0) is 38.8 Å². The van der Waals surface area contributed by atoms with E-state index in [1.54, 1.807) is 11.0 Å². The number of halogens is 3. The molecule has 0 aromatic carbocycles. The number of nitrogens with one attached hydrogen (secondary N) is 1. The Kier molecular flexibility index (Phi) is 4.93. The Hall–Kier alpha value is -1.79. The van der Waals surface area contributed by atoms with E-state index in [0.29, 0.717) is 31.7 Å². The number of aromatic nitrogens is 1. The van der Waals surface area contributed by atoms with Gasteiger partial charge in [-0.15, -0.1) is 0 Å². The molecule has 0 radical (unpaired) electrons. The molecule has 1 amide bonds. The molecule has 22 heavy (non-hydrogen) atoms. The number of anilines is 1. The van der Waals surface area contributed by atoms with Gasteiger partial charge in [0.1, 0.15) is 11.5 Å². The van der Waals surface area contributed by atoms with Gasteiger partial charge in [-0.2, -0.15) is 13.2 Å². The molecule has 1 N–H and O–H groups in total. The minimum atomic E-state index is -4.44. The second kappa shape index (κ2) is 6.54. The number of alkyl halides is 3. The first-order chi connectivity index (χ1) is 10.3. The maximum Gasteiger partial charge on any atom is 0.433 e. The lowest BCUT2D eigenvalue weighted by Gasteiger charge is -2.32. The standard InChI is InChI=1S/C15H20F3N3O/c1-10(2)19-14(22)11-6-8-21(9-7-11)13-5-3-4-12(20-13)15(16,17)18/h3-5,10-11H,6-9H2,1-2H3,(H,19,22). The second-order valence-corrected chi connectivity index (χ2v) is 5.80. The molecule has 0 aliphatic carbocycles. The van der Waals surface area contributed by atoms with Crippen molar-refractivity contribution in [3.05, 3.63) is 23.9 Å². The van der Waals surface area contributed by atoms with Crippen LogP contribution < -0.4 is 10.2 Å². The Balaban J connectivity index is 1.99. The Morgan fingerprint density at radius 2 is 1.95 bits per heavy atom. The van der Waals surface area contributed by atoms with E-state index >= 15 is 0 Å². The largest absolute Gasteiger partial charge is 0.433 e. The molecule has 7 heteroatoms. The second-order valence-electron chi connectivity index (χ2n) is 5.80. The maximum absolute atomic E-state index is 12.7. The van der Waals surface area contributed by atoms with E-state index in [-0.39, 0.29) is 17.9 Å². The SMILES string of the molecule is CC(C)NC(=O)C1CCN(c2cccc(C(F)(F)F)n2)CC1. The molecular weight excluding hydrogens is 295 g/mol. The molecule has 0 saturated carbocycles. The lowest BCUT2D eigenvalue weighted by Crippen LogP contribution is -2.42. The van der Waals surface area contributed by atoms with E-state index in [1.807, 2.05) is 13.8 Å². The number of hydrogen-bond donors (Lipinski definition) is 1. The molecule has 1 fully saturated rings. The summed E-state index contributed by atoms with van der Waals surface area (Å²) in [6, 6.07) is 3.99. The van der Waals surface area contributed by atoms with Gasteiger partial charge in [0.15, 0.2) is 0 Å². The van der Waals surface area contributed by atoms with Crippen LogP contribution in [0.4, 0.5) is 19.0 Å². The van der Waals surface area contributed by atoms with Gasteiger partial charge < -0.3 is 10.2 Å². The van der Waals surface area contributed by atoms with Crippen molar-refractivity contribution >= 4 is 11.7 Å². The van der Waals surface area contributed by atoms with Crippen molar-refractivity contribution in [2.24, 2.45) is 5.92 Å². The monoisotopic (exact) mass is 315 g/mol. The van der Waals surface area contributed by atoms with Crippen molar-refractivity contribution in [3.63, 3.8) is 0 Å². The van der Waals surface area contributed by atoms with Crippen LogP contribution in [0.15, 0.2) is 18.2 Å². The van der Waals surface area contributed by atoms with Crippen molar-refractivity contribution in [2.75, 3.05) is 18.0 Å². The van der Waals surface area contributed by atoms with E-state index in [9.17, 15) is 18.0 Å². The van der Waals surface area contributed by atoms with Gasteiger partial charge in [-0.1, -0.05) is 6.07 Å². The summed E-state index contributed by atoms with van der Waals surface area (Å²) >= 11 is 0. The van der Waals surface area contributed by atoms with E-state index in [2.05, 4.69) is 10.3 Å². The molecular formula is C15H20F3N3O. The number of amides is 1. The van der Waals surface area contributed by atoms with E-state index < -0.39 is 11.9 Å². The molecule has 1 aromatic heterocycles. The zero-order valence-electron chi connectivity index (χ0n) is 12.7. The van der Waals surface area contributed by atoms with E-state index in [0.717, 1.165) is 6.07 Å². The zero-order valence-corrected chi connectivity index (χ0v) is 12.7. The number of hydrogen-bond acceptors (Lipinski definition) is 3. The predicted octanol–water partition coefficient (Wildman–Crippen LogP) is 2.84. The molecule has 2 rings (SSSR count). The molecule has 0 spiro atoms. The van der Waals surface area contributed by atoms with Crippen LogP contribution in [-0.4, -0.2) is 30.0 Å². The van der Waals surface area contributed by atoms with Gasteiger partial charge in [-0.25, -0.2) is 4.98 Å². The summed E-state index contributed by atoms with van der Waals surface area (Å²) < 4.78 is 38.1. The lowest BCUT2D eigenvalue weighted by molar-refractivity contribution is -0.141. The van der Waals surface area contributed by atoms with Crippen LogP contribution >= 0.6 is 0 Å². The summed E-state index contributed by atoms with van der Waals surface area (Å²) in [6.45, 7) is 4.87. The fourth-order valence-electron chi connectivity index (χ4n) is 2.53. The quantitative estimate of drug-likeness (QED) is 0.933. The Bertz CT molecular complexity index is 523. The first kappa shape index (κ1) is 16.6. The van der Waals surface area contributed by atoms with E-state index in [4.69, 9.17) is 0 Å². The molecule has 2 heterocycles. The summed E-state index contributed by atoms with van der Waals surface area (Å²) in [6.07, 6.45) is -3.20. The van der Waals surface area contributed by atoms with Gasteiger partial charge in [0.05, 0.1) is 0 Å². The first-order valence-electron chi connectivity index (χ1n) is 7.37. The summed E-state index contributed by atoms with van der Waals surface area (Å²) in [5, 5.41) is 2.87. The average molecular weight is 315 g/mol. The zero-order chi connectivity index (χ0) is 16.3. The molecule has 0 bridgehead atoms. The van der Waals surface area contributed by atoms with Crippen LogP contribution in [0, 0.1) is 5.92 Å². The number of carbonyl (C=O) groups is 1. The smallest absolute Gasteiger partial charge is 0.357 e. The number of nitrogens with zero attached hydrogens (tertiary/aromatic N) is 2. The number of pyridine rings is 1. The van der Waals surface area contributed by atoms with Crippen molar-refractivity contribution in [1.82, 2.24) is 10.3 Å². The van der Waals surface area contributed by atoms with Gasteiger partial charge in [0.25, 0.3) is 0 Å². The molecule has 0 atom stereocenters. The summed E-state index contributed by atoms with van der Waals surface area (Å²) in [7, 11) is 0. The molecule has 122 valence electrons. The Morgan fingerprint density at radius 1 is 1.32 bits per heavy atom. The Morgan fingerprint density at radius 3 is 2.50 bits per heavy atom. The number of carbonyl (C=O) groups excluding carboxylic acids is 1. The molecule has 1 aliphatic heterocycles. The fraction of sp³-hybridized carbons (Fsp3) is 0.600. The third-order valence-corrected chi connectivity index (χ3v) is 3.65. The highest BCUT2D eigenvalue weighted by Crippen LogP contribution is 2.30. The van der Waals surface area contributed by atoms with Crippen LogP contribution in [0.25, 0.3) is 0 Å². The minimum Gasteiger partial charge on any atom is -0.357 e. The minimum absolute atomic E-state index is 0.0200. The van der Waals surface area contributed by atoms with E-state index in [1.165, 1.54) is 6.07 Å². The highest BCUT2D eigenvalue weighted by Gasteiger charge is 2.33. The summed E-state index contributed by atoms with van der Waals surface area (Å²) in [5.74, 6) is 0.258. The molecule has 1 saturated heterocycles. The van der Waals surface area contributed by atoms with Gasteiger partial charge in [-0.3, -0.25) is 4.79 Å². The fourth-order valence-corrected chi connectivity index (χ4v) is 2.53. The molecule has 1 aliphatic rings. The van der Waals surface area contributed by atoms with Gasteiger partial charge in [0, 0.05) is 25.0 Å². The van der Waals surface area contributed by atoms with Crippen molar-refractivity contribution < 1.29 is 18.0 Å². The predicted molar refractivity (Wildman–Crippen MR) is 77.5 cm³/mol. The summed E-state index contributed by atoms with van der Waals surface area (Å²) in [4.78, 5) is 17.4. The number of rotatable bonds is 3. The van der Waals surface area contributed by atoms with Crippen molar-refractivity contribution in [2.45, 2.75) is 38.9 Å². The van der Waals surface area contributed by atoms with Crippen LogP contribution in [0.5, 0.6) is 0 Å². The van der Waals surface area contributed by atoms with Crippen LogP contribution in [-0.2, 0) is 11.0 Å². The topological polar surface area (TPSA) is 45.2 Å². The lowest BCUT2D eigenvalue weighted by atomic mass is 9.95. The van der Waals surface area contributed by atoms with Gasteiger partial charge >= 0.3 is 6.18 Å². The first-order valence-corrected chi connectivity index (χ1v) is 7.37.